The normalized spacial score (nSPS) is 16.0. The number of benzene rings is 3. The van der Waals surface area contributed by atoms with Gasteiger partial charge in [0, 0.05) is 19.0 Å². The molecule has 0 saturated carbocycles. The summed E-state index contributed by atoms with van der Waals surface area (Å²) in [6.07, 6.45) is 0. The second-order valence-corrected chi connectivity index (χ2v) is 10.9. The molecule has 30 heavy (non-hydrogen) atoms. The molecule has 0 saturated heterocycles. The molecular formula is C19H11Br4NaO5S. The molecule has 1 aliphatic rings. The molecule has 3 aromatic rings. The van der Waals surface area contributed by atoms with Crippen molar-refractivity contribution in [2.75, 3.05) is 0 Å². The van der Waals surface area contributed by atoms with Gasteiger partial charge in [0.1, 0.15) is 16.4 Å². The maximum atomic E-state index is 13.2. The smallest absolute Gasteiger partial charge is 1.00 e. The van der Waals surface area contributed by atoms with E-state index >= 15 is 0 Å². The summed E-state index contributed by atoms with van der Waals surface area (Å²) in [7, 11) is -4.17. The standard InChI is InChI=1S/C19H10Br4O5S.Na.H/c20-14-13-18(17(23)16(22)15(14)21)29(26,27)28-19(13,9-1-5-11(24)6-2-9)10-3-7-12(25)8-4-10;;/h1-8,24-25H;;/q;+1;-1. The Balaban J connectivity index is 0.00000171. The van der Waals surface area contributed by atoms with E-state index in [0.29, 0.717) is 34.6 Å². The molecule has 0 unspecified atom stereocenters. The van der Waals surface area contributed by atoms with Crippen molar-refractivity contribution in [2.45, 2.75) is 10.5 Å². The van der Waals surface area contributed by atoms with E-state index in [1.807, 2.05) is 0 Å². The summed E-state index contributed by atoms with van der Waals surface area (Å²) in [5.74, 6) is 0.0702. The van der Waals surface area contributed by atoms with E-state index < -0.39 is 15.7 Å². The summed E-state index contributed by atoms with van der Waals surface area (Å²) in [5.41, 5.74) is -0.189. The van der Waals surface area contributed by atoms with E-state index in [0.717, 1.165) is 0 Å². The van der Waals surface area contributed by atoms with Crippen LogP contribution >= 0.6 is 63.7 Å². The third-order valence-corrected chi connectivity index (χ3v) is 11.0. The fraction of sp³-hybridized carbons (Fsp3) is 0.0526. The Morgan fingerprint density at radius 2 is 1.13 bits per heavy atom. The van der Waals surface area contributed by atoms with E-state index in [2.05, 4.69) is 63.7 Å². The zero-order chi connectivity index (χ0) is 21.1. The van der Waals surface area contributed by atoms with Gasteiger partial charge in [0.2, 0.25) is 0 Å². The molecule has 0 radical (unpaired) electrons. The van der Waals surface area contributed by atoms with Crippen molar-refractivity contribution in [1.29, 1.82) is 0 Å². The van der Waals surface area contributed by atoms with Crippen LogP contribution in [-0.2, 0) is 19.9 Å². The first-order valence-electron chi connectivity index (χ1n) is 8.00. The first kappa shape index (κ1) is 24.7. The Morgan fingerprint density at radius 1 is 0.733 bits per heavy atom. The zero-order valence-electron chi connectivity index (χ0n) is 16.2. The molecule has 11 heteroatoms. The molecule has 0 spiro atoms. The maximum Gasteiger partial charge on any atom is 1.00 e. The van der Waals surface area contributed by atoms with Crippen LogP contribution in [-0.4, -0.2) is 18.6 Å². The predicted octanol–water partition coefficient (Wildman–Crippen LogP) is 3.28. The summed E-state index contributed by atoms with van der Waals surface area (Å²) in [5, 5.41) is 19.5. The molecule has 0 fully saturated rings. The fourth-order valence-electron chi connectivity index (χ4n) is 3.35. The summed E-state index contributed by atoms with van der Waals surface area (Å²) < 4.78 is 34.1. The molecule has 152 valence electrons. The van der Waals surface area contributed by atoms with Crippen LogP contribution in [0.5, 0.6) is 11.5 Å². The van der Waals surface area contributed by atoms with Crippen LogP contribution in [0.15, 0.2) is 71.3 Å². The molecule has 0 amide bonds. The molecule has 3 aromatic carbocycles. The third-order valence-electron chi connectivity index (χ3n) is 4.61. The summed E-state index contributed by atoms with van der Waals surface area (Å²) >= 11 is 13.8. The summed E-state index contributed by atoms with van der Waals surface area (Å²) in [6, 6.07) is 12.2. The second-order valence-electron chi connectivity index (χ2n) is 6.27. The van der Waals surface area contributed by atoms with Gasteiger partial charge in [-0.1, -0.05) is 24.3 Å². The van der Waals surface area contributed by atoms with Crippen molar-refractivity contribution in [2.24, 2.45) is 0 Å². The van der Waals surface area contributed by atoms with Gasteiger partial charge in [0.05, 0.1) is 4.47 Å². The minimum atomic E-state index is -4.17. The van der Waals surface area contributed by atoms with E-state index in [-0.39, 0.29) is 47.4 Å². The summed E-state index contributed by atoms with van der Waals surface area (Å²) in [6.45, 7) is 0. The third kappa shape index (κ3) is 3.76. The van der Waals surface area contributed by atoms with Crippen molar-refractivity contribution < 1.29 is 53.8 Å². The second kappa shape index (κ2) is 8.79. The van der Waals surface area contributed by atoms with Crippen molar-refractivity contribution >= 4 is 73.8 Å². The topological polar surface area (TPSA) is 83.8 Å². The molecular weight excluding hydrogens is 683 g/mol. The van der Waals surface area contributed by atoms with E-state index in [9.17, 15) is 18.6 Å². The minimum Gasteiger partial charge on any atom is -1.00 e. The maximum absolute atomic E-state index is 13.2. The first-order valence-corrected chi connectivity index (χ1v) is 12.6. The van der Waals surface area contributed by atoms with E-state index in [1.54, 1.807) is 24.3 Å². The van der Waals surface area contributed by atoms with Gasteiger partial charge in [-0.2, -0.15) is 8.42 Å². The van der Waals surface area contributed by atoms with Crippen molar-refractivity contribution in [1.82, 2.24) is 0 Å². The van der Waals surface area contributed by atoms with Gasteiger partial charge in [-0.15, -0.1) is 0 Å². The number of fused-ring (bicyclic) bond motifs is 1. The van der Waals surface area contributed by atoms with Crippen LogP contribution in [0.3, 0.4) is 0 Å². The molecule has 1 aliphatic heterocycles. The first-order chi connectivity index (χ1) is 13.6. The molecule has 5 nitrogen and oxygen atoms in total. The van der Waals surface area contributed by atoms with Crippen LogP contribution in [0.4, 0.5) is 0 Å². The van der Waals surface area contributed by atoms with Crippen LogP contribution in [0.25, 0.3) is 0 Å². The summed E-state index contributed by atoms with van der Waals surface area (Å²) in [4.78, 5) is -0.0133. The SMILES string of the molecule is O=S1(=O)OC(c2ccc(O)cc2)(c2ccc(O)cc2)c2c(Br)c(Br)c(Br)c(Br)c21.[H-].[Na+]. The Kier molecular flexibility index (Phi) is 7.25. The Bertz CT molecular complexity index is 1210. The molecule has 1 heterocycles. The predicted molar refractivity (Wildman–Crippen MR) is 123 cm³/mol. The van der Waals surface area contributed by atoms with Crippen LogP contribution in [0, 0.1) is 0 Å². The number of aromatic hydroxyl groups is 2. The Hall–Kier alpha value is 0.0900. The van der Waals surface area contributed by atoms with Gasteiger partial charge in [0.25, 0.3) is 10.1 Å². The van der Waals surface area contributed by atoms with Crippen LogP contribution < -0.4 is 29.6 Å². The molecule has 0 bridgehead atoms. The van der Waals surface area contributed by atoms with Gasteiger partial charge in [0.15, 0.2) is 5.60 Å². The number of hydrogen-bond donors (Lipinski definition) is 2. The number of hydrogen-bond acceptors (Lipinski definition) is 5. The average molecular weight is 694 g/mol. The molecule has 2 N–H and O–H groups in total. The van der Waals surface area contributed by atoms with Crippen molar-refractivity contribution in [3.8, 4) is 11.5 Å². The Labute approximate surface area is 230 Å². The zero-order valence-corrected chi connectivity index (χ0v) is 24.3. The largest absolute Gasteiger partial charge is 1.00 e. The number of rotatable bonds is 2. The van der Waals surface area contributed by atoms with Crippen molar-refractivity contribution in [3.63, 3.8) is 0 Å². The van der Waals surface area contributed by atoms with E-state index in [4.69, 9.17) is 4.18 Å². The number of phenols is 2. The van der Waals surface area contributed by atoms with Gasteiger partial charge < -0.3 is 11.6 Å². The van der Waals surface area contributed by atoms with Crippen LogP contribution in [0.2, 0.25) is 0 Å². The number of halogens is 4. The monoisotopic (exact) mass is 690 g/mol. The number of phenolic OH excluding ortho intramolecular Hbond substituents is 2. The van der Waals surface area contributed by atoms with Gasteiger partial charge >= 0.3 is 29.6 Å². The molecule has 0 atom stereocenters. The van der Waals surface area contributed by atoms with Crippen molar-refractivity contribution in [3.05, 3.63) is 83.1 Å². The van der Waals surface area contributed by atoms with Gasteiger partial charge in [-0.3, -0.25) is 0 Å². The Morgan fingerprint density at radius 3 is 1.57 bits per heavy atom. The van der Waals surface area contributed by atoms with E-state index in [1.165, 1.54) is 24.3 Å². The quantitative estimate of drug-likeness (QED) is 0.187. The molecule has 0 aliphatic carbocycles. The van der Waals surface area contributed by atoms with Gasteiger partial charge in [-0.05, 0) is 99.1 Å². The van der Waals surface area contributed by atoms with Crippen LogP contribution in [0.1, 0.15) is 18.1 Å². The van der Waals surface area contributed by atoms with Gasteiger partial charge in [-0.25, -0.2) is 4.18 Å². The molecule has 0 aromatic heterocycles. The average Bonchev–Trinajstić information content (AvgIpc) is 2.94. The fourth-order valence-corrected chi connectivity index (χ4v) is 8.11. The molecule has 4 rings (SSSR count). The minimum absolute atomic E-state index is 0.